The van der Waals surface area contributed by atoms with Crippen LogP contribution >= 0.6 is 0 Å². The summed E-state index contributed by atoms with van der Waals surface area (Å²) in [4.78, 5) is 35.8. The van der Waals surface area contributed by atoms with E-state index >= 15 is 0 Å². The van der Waals surface area contributed by atoms with Crippen LogP contribution in [0, 0.1) is 6.92 Å². The summed E-state index contributed by atoms with van der Waals surface area (Å²) in [6.07, 6.45) is -0.0295. The molecule has 0 fully saturated rings. The van der Waals surface area contributed by atoms with Crippen molar-refractivity contribution in [2.75, 3.05) is 0 Å². The fourth-order valence-corrected chi connectivity index (χ4v) is 2.55. The maximum absolute atomic E-state index is 12.3. The zero-order valence-electron chi connectivity index (χ0n) is 16.5. The number of esters is 1. The van der Waals surface area contributed by atoms with Crippen molar-refractivity contribution in [3.8, 4) is 5.75 Å². The second-order valence-corrected chi connectivity index (χ2v) is 7.30. The van der Waals surface area contributed by atoms with Crippen LogP contribution in [0.3, 0.4) is 0 Å². The van der Waals surface area contributed by atoms with Gasteiger partial charge in [0, 0.05) is 17.0 Å². The highest BCUT2D eigenvalue weighted by atomic mass is 16.6. The second-order valence-electron chi connectivity index (χ2n) is 7.30. The van der Waals surface area contributed by atoms with Crippen LogP contribution in [0.4, 0.5) is 4.79 Å². The van der Waals surface area contributed by atoms with Crippen molar-refractivity contribution in [1.29, 1.82) is 0 Å². The zero-order chi connectivity index (χ0) is 20.4. The van der Waals surface area contributed by atoms with E-state index in [1.54, 1.807) is 39.8 Å². The molecule has 7 heteroatoms. The quantitative estimate of drug-likeness (QED) is 0.499. The average molecular weight is 375 g/mol. The van der Waals surface area contributed by atoms with Crippen molar-refractivity contribution in [2.45, 2.75) is 59.6 Å². The van der Waals surface area contributed by atoms with Gasteiger partial charge in [0.25, 0.3) is 0 Å². The molecular weight excluding hydrogens is 350 g/mol. The van der Waals surface area contributed by atoms with Crippen molar-refractivity contribution in [3.63, 3.8) is 0 Å². The SMILES string of the molecule is CCc1cc(=O)oc2c(C)c(OC(=O)C(C)NC(=O)OC(C)(C)C)ccc12. The minimum Gasteiger partial charge on any atom is -0.444 e. The number of hydrogen-bond donors (Lipinski definition) is 1. The fourth-order valence-electron chi connectivity index (χ4n) is 2.55. The Morgan fingerprint density at radius 3 is 2.52 bits per heavy atom. The summed E-state index contributed by atoms with van der Waals surface area (Å²) in [7, 11) is 0. The molecule has 0 saturated carbocycles. The van der Waals surface area contributed by atoms with Crippen molar-refractivity contribution >= 4 is 23.0 Å². The number of carbonyl (C=O) groups excluding carboxylic acids is 2. The van der Waals surface area contributed by atoms with Crippen LogP contribution in [0.5, 0.6) is 5.75 Å². The maximum atomic E-state index is 12.3. The molecule has 0 radical (unpaired) electrons. The summed E-state index contributed by atoms with van der Waals surface area (Å²) >= 11 is 0. The van der Waals surface area contributed by atoms with E-state index in [1.807, 2.05) is 6.92 Å². The molecule has 7 nitrogen and oxygen atoms in total. The minimum absolute atomic E-state index is 0.266. The molecule has 0 aliphatic heterocycles. The van der Waals surface area contributed by atoms with Gasteiger partial charge in [-0.1, -0.05) is 6.92 Å². The van der Waals surface area contributed by atoms with Gasteiger partial charge in [0.15, 0.2) is 0 Å². The summed E-state index contributed by atoms with van der Waals surface area (Å²) < 4.78 is 15.8. The normalized spacial score (nSPS) is 12.5. The van der Waals surface area contributed by atoms with Crippen LogP contribution in [0.2, 0.25) is 0 Å². The standard InChI is InChI=1S/C20H25NO6/c1-7-13-10-16(22)26-17-11(2)15(9-8-14(13)17)25-18(23)12(3)21-19(24)27-20(4,5)6/h8-10,12H,7H2,1-6H3,(H,21,24). The molecule has 2 aromatic rings. The van der Waals surface area contributed by atoms with Crippen LogP contribution in [0.1, 0.15) is 45.7 Å². The van der Waals surface area contributed by atoms with Gasteiger partial charge in [-0.05, 0) is 58.7 Å². The maximum Gasteiger partial charge on any atom is 0.408 e. The molecule has 146 valence electrons. The number of alkyl carbamates (subject to hydrolysis) is 1. The fraction of sp³-hybridized carbons (Fsp3) is 0.450. The number of carbonyl (C=O) groups is 2. The summed E-state index contributed by atoms with van der Waals surface area (Å²) in [5, 5.41) is 3.23. The number of aryl methyl sites for hydroxylation is 2. The van der Waals surface area contributed by atoms with Gasteiger partial charge in [-0.3, -0.25) is 0 Å². The molecule has 0 saturated heterocycles. The first kappa shape index (κ1) is 20.5. The lowest BCUT2D eigenvalue weighted by atomic mass is 10.0. The Morgan fingerprint density at radius 1 is 1.26 bits per heavy atom. The smallest absolute Gasteiger partial charge is 0.408 e. The lowest BCUT2D eigenvalue weighted by Gasteiger charge is -2.21. The summed E-state index contributed by atoms with van der Waals surface area (Å²) in [5.74, 6) is -0.390. The molecule has 0 bridgehead atoms. The van der Waals surface area contributed by atoms with Gasteiger partial charge in [-0.15, -0.1) is 0 Å². The number of hydrogen-bond acceptors (Lipinski definition) is 6. The lowest BCUT2D eigenvalue weighted by Crippen LogP contribution is -2.43. The van der Waals surface area contributed by atoms with Gasteiger partial charge in [0.1, 0.15) is 23.0 Å². The number of rotatable bonds is 4. The van der Waals surface area contributed by atoms with E-state index in [-0.39, 0.29) is 5.75 Å². The van der Waals surface area contributed by atoms with Crippen LogP contribution in [0.25, 0.3) is 11.0 Å². The first-order valence-corrected chi connectivity index (χ1v) is 8.79. The Balaban J connectivity index is 2.20. The van der Waals surface area contributed by atoms with Gasteiger partial charge < -0.3 is 19.2 Å². The van der Waals surface area contributed by atoms with Crippen molar-refractivity contribution < 1.29 is 23.5 Å². The molecule has 0 aliphatic carbocycles. The Bertz CT molecular complexity index is 922. The van der Waals surface area contributed by atoms with E-state index in [4.69, 9.17) is 13.9 Å². The molecule has 0 spiro atoms. The van der Waals surface area contributed by atoms with Crippen LogP contribution < -0.4 is 15.7 Å². The molecule has 1 aromatic carbocycles. The topological polar surface area (TPSA) is 94.8 Å². The molecule has 1 amide bonds. The first-order chi connectivity index (χ1) is 12.5. The first-order valence-electron chi connectivity index (χ1n) is 8.79. The zero-order valence-corrected chi connectivity index (χ0v) is 16.5. The van der Waals surface area contributed by atoms with E-state index in [9.17, 15) is 14.4 Å². The third kappa shape index (κ3) is 5.09. The van der Waals surface area contributed by atoms with Crippen LogP contribution in [-0.2, 0) is 16.0 Å². The van der Waals surface area contributed by atoms with E-state index in [1.165, 1.54) is 13.0 Å². The molecule has 1 unspecified atom stereocenters. The number of fused-ring (bicyclic) bond motifs is 1. The molecule has 1 atom stereocenters. The van der Waals surface area contributed by atoms with E-state index < -0.39 is 29.3 Å². The molecule has 27 heavy (non-hydrogen) atoms. The lowest BCUT2D eigenvalue weighted by molar-refractivity contribution is -0.136. The highest BCUT2D eigenvalue weighted by molar-refractivity contribution is 5.87. The largest absolute Gasteiger partial charge is 0.444 e. The van der Waals surface area contributed by atoms with Crippen molar-refractivity contribution in [3.05, 3.63) is 39.7 Å². The Kier molecular flexibility index (Phi) is 5.93. The highest BCUT2D eigenvalue weighted by Gasteiger charge is 2.23. The van der Waals surface area contributed by atoms with Crippen LogP contribution in [0.15, 0.2) is 27.4 Å². The molecule has 1 aromatic heterocycles. The summed E-state index contributed by atoms with van der Waals surface area (Å²) in [6, 6.07) is 3.94. The number of benzene rings is 1. The molecule has 1 N–H and O–H groups in total. The van der Waals surface area contributed by atoms with E-state index in [2.05, 4.69) is 5.32 Å². The van der Waals surface area contributed by atoms with Gasteiger partial charge in [0.05, 0.1) is 0 Å². The number of amides is 1. The van der Waals surface area contributed by atoms with Crippen molar-refractivity contribution in [2.24, 2.45) is 0 Å². The van der Waals surface area contributed by atoms with Gasteiger partial charge in [-0.2, -0.15) is 0 Å². The number of ether oxygens (including phenoxy) is 2. The van der Waals surface area contributed by atoms with Crippen LogP contribution in [-0.4, -0.2) is 23.7 Å². The van der Waals surface area contributed by atoms with Crippen molar-refractivity contribution in [1.82, 2.24) is 5.32 Å². The molecule has 1 heterocycles. The van der Waals surface area contributed by atoms with E-state index in [0.717, 1.165) is 10.9 Å². The summed E-state index contributed by atoms with van der Waals surface area (Å²) in [6.45, 7) is 10.3. The Hall–Kier alpha value is -2.83. The van der Waals surface area contributed by atoms with Gasteiger partial charge >= 0.3 is 17.7 Å². The third-order valence-electron chi connectivity index (χ3n) is 3.88. The Morgan fingerprint density at radius 2 is 1.93 bits per heavy atom. The van der Waals surface area contributed by atoms with Gasteiger partial charge in [-0.25, -0.2) is 14.4 Å². The Labute approximate surface area is 157 Å². The number of nitrogens with one attached hydrogen (secondary N) is 1. The molecular formula is C20H25NO6. The monoisotopic (exact) mass is 375 g/mol. The highest BCUT2D eigenvalue weighted by Crippen LogP contribution is 2.28. The third-order valence-corrected chi connectivity index (χ3v) is 3.88. The second kappa shape index (κ2) is 7.82. The minimum atomic E-state index is -0.913. The average Bonchev–Trinajstić information content (AvgIpc) is 2.55. The van der Waals surface area contributed by atoms with E-state index in [0.29, 0.717) is 17.6 Å². The van der Waals surface area contributed by atoms with Gasteiger partial charge in [0.2, 0.25) is 0 Å². The predicted octanol–water partition coefficient (Wildman–Crippen LogP) is 3.48. The molecule has 0 aliphatic rings. The predicted molar refractivity (Wildman–Crippen MR) is 101 cm³/mol. The molecule has 2 rings (SSSR count). The summed E-state index contributed by atoms with van der Waals surface area (Å²) in [5.41, 5.74) is 0.667.